The lowest BCUT2D eigenvalue weighted by Crippen LogP contribution is -2.43. The van der Waals surface area contributed by atoms with Crippen molar-refractivity contribution in [3.05, 3.63) is 35.4 Å². The molecule has 0 aliphatic carbocycles. The average Bonchev–Trinajstić information content (AvgIpc) is 2.67. The average molecular weight is 319 g/mol. The Morgan fingerprint density at radius 1 is 1.04 bits per heavy atom. The van der Waals surface area contributed by atoms with Crippen LogP contribution >= 0.6 is 0 Å². The van der Waals surface area contributed by atoms with Crippen LogP contribution in [0.5, 0.6) is 0 Å². The number of fused-ring (bicyclic) bond motifs is 1. The van der Waals surface area contributed by atoms with E-state index >= 15 is 0 Å². The van der Waals surface area contributed by atoms with Crippen molar-refractivity contribution in [1.82, 2.24) is 5.06 Å². The molecule has 0 saturated heterocycles. The molecule has 1 atom stereocenters. The minimum Gasteiger partial charge on any atom is -0.458 e. The van der Waals surface area contributed by atoms with Crippen LogP contribution in [-0.2, 0) is 14.4 Å². The van der Waals surface area contributed by atoms with Gasteiger partial charge in [0.15, 0.2) is 6.10 Å². The monoisotopic (exact) mass is 319 g/mol. The van der Waals surface area contributed by atoms with Gasteiger partial charge in [-0.3, -0.25) is 9.59 Å². The number of esters is 1. The fourth-order valence-corrected chi connectivity index (χ4v) is 2.17. The van der Waals surface area contributed by atoms with Gasteiger partial charge in [-0.1, -0.05) is 26.0 Å². The standard InChI is InChI=1S/C17H21NO5/c1-10(2)13(16(21)22-17(3,4)5)23-18-14(19)11-8-6-7-9-12(11)15(18)20/h6-10,13H,1-5H3/t13-/m0/s1. The van der Waals surface area contributed by atoms with E-state index in [1.165, 1.54) is 0 Å². The molecule has 23 heavy (non-hydrogen) atoms. The SMILES string of the molecule is CC(C)[C@H](ON1C(=O)c2ccccc2C1=O)C(=O)OC(C)(C)C. The summed E-state index contributed by atoms with van der Waals surface area (Å²) in [5.74, 6) is -2.02. The van der Waals surface area contributed by atoms with Crippen molar-refractivity contribution in [2.45, 2.75) is 46.3 Å². The summed E-state index contributed by atoms with van der Waals surface area (Å²) in [6.45, 7) is 8.73. The molecule has 2 rings (SSSR count). The van der Waals surface area contributed by atoms with Crippen LogP contribution in [0.4, 0.5) is 0 Å². The molecule has 6 nitrogen and oxygen atoms in total. The Balaban J connectivity index is 2.21. The Hall–Kier alpha value is -2.21. The Morgan fingerprint density at radius 3 is 1.91 bits per heavy atom. The largest absolute Gasteiger partial charge is 0.458 e. The zero-order chi connectivity index (χ0) is 17.4. The van der Waals surface area contributed by atoms with E-state index in [0.29, 0.717) is 5.06 Å². The van der Waals surface area contributed by atoms with E-state index in [4.69, 9.17) is 9.57 Å². The summed E-state index contributed by atoms with van der Waals surface area (Å²) in [6, 6.07) is 6.44. The molecule has 124 valence electrons. The fraction of sp³-hybridized carbons (Fsp3) is 0.471. The molecular weight excluding hydrogens is 298 g/mol. The van der Waals surface area contributed by atoms with Gasteiger partial charge in [0, 0.05) is 0 Å². The van der Waals surface area contributed by atoms with E-state index in [9.17, 15) is 14.4 Å². The van der Waals surface area contributed by atoms with Crippen LogP contribution in [0.2, 0.25) is 0 Å². The first kappa shape index (κ1) is 17.1. The van der Waals surface area contributed by atoms with E-state index in [0.717, 1.165) is 0 Å². The lowest BCUT2D eigenvalue weighted by molar-refractivity contribution is -0.195. The maximum Gasteiger partial charge on any atom is 0.338 e. The van der Waals surface area contributed by atoms with Crippen LogP contribution in [0, 0.1) is 5.92 Å². The van der Waals surface area contributed by atoms with Gasteiger partial charge in [0.25, 0.3) is 11.8 Å². The highest BCUT2D eigenvalue weighted by molar-refractivity contribution is 6.20. The van der Waals surface area contributed by atoms with E-state index in [1.54, 1.807) is 58.9 Å². The van der Waals surface area contributed by atoms with Crippen LogP contribution in [0.25, 0.3) is 0 Å². The predicted molar refractivity (Wildman–Crippen MR) is 82.5 cm³/mol. The number of carbonyl (C=O) groups is 3. The Bertz CT molecular complexity index is 610. The highest BCUT2D eigenvalue weighted by atomic mass is 16.7. The van der Waals surface area contributed by atoms with Crippen LogP contribution in [0.1, 0.15) is 55.3 Å². The van der Waals surface area contributed by atoms with Crippen LogP contribution < -0.4 is 0 Å². The normalized spacial score (nSPS) is 15.8. The summed E-state index contributed by atoms with van der Waals surface area (Å²) in [5, 5.41) is 0.652. The van der Waals surface area contributed by atoms with Crippen molar-refractivity contribution in [3.8, 4) is 0 Å². The van der Waals surface area contributed by atoms with Gasteiger partial charge in [-0.15, -0.1) is 5.06 Å². The van der Waals surface area contributed by atoms with Gasteiger partial charge >= 0.3 is 5.97 Å². The topological polar surface area (TPSA) is 72.9 Å². The molecule has 0 radical (unpaired) electrons. The smallest absolute Gasteiger partial charge is 0.338 e. The van der Waals surface area contributed by atoms with Crippen LogP contribution in [0.15, 0.2) is 24.3 Å². The van der Waals surface area contributed by atoms with Crippen molar-refractivity contribution in [1.29, 1.82) is 0 Å². The highest BCUT2D eigenvalue weighted by Gasteiger charge is 2.41. The molecular formula is C17H21NO5. The fourth-order valence-electron chi connectivity index (χ4n) is 2.17. The number of amides is 2. The lowest BCUT2D eigenvalue weighted by atomic mass is 10.1. The molecule has 0 saturated carbocycles. The molecule has 0 spiro atoms. The first-order valence-corrected chi connectivity index (χ1v) is 7.49. The molecule has 1 aliphatic heterocycles. The summed E-state index contributed by atoms with van der Waals surface area (Å²) < 4.78 is 5.31. The zero-order valence-corrected chi connectivity index (χ0v) is 14.0. The van der Waals surface area contributed by atoms with E-state index < -0.39 is 29.5 Å². The number of hydroxylamine groups is 2. The maximum absolute atomic E-state index is 12.3. The van der Waals surface area contributed by atoms with Crippen molar-refractivity contribution in [3.63, 3.8) is 0 Å². The van der Waals surface area contributed by atoms with E-state index in [2.05, 4.69) is 0 Å². The van der Waals surface area contributed by atoms with Gasteiger partial charge in [-0.2, -0.15) is 0 Å². The van der Waals surface area contributed by atoms with Crippen LogP contribution in [-0.4, -0.2) is 34.6 Å². The van der Waals surface area contributed by atoms with Gasteiger partial charge < -0.3 is 4.74 Å². The Kier molecular flexibility index (Phi) is 4.56. The third-order valence-corrected chi connectivity index (χ3v) is 3.22. The number of ether oxygens (including phenoxy) is 1. The second-order valence-corrected chi connectivity index (χ2v) is 6.75. The first-order chi connectivity index (χ1) is 10.6. The van der Waals surface area contributed by atoms with Gasteiger partial charge in [0.2, 0.25) is 0 Å². The predicted octanol–water partition coefficient (Wildman–Crippen LogP) is 2.58. The summed E-state index contributed by atoms with van der Waals surface area (Å²) >= 11 is 0. The summed E-state index contributed by atoms with van der Waals surface area (Å²) in [5.41, 5.74) is -0.149. The summed E-state index contributed by atoms with van der Waals surface area (Å²) in [6.07, 6.45) is -1.04. The third-order valence-electron chi connectivity index (χ3n) is 3.22. The van der Waals surface area contributed by atoms with Crippen LogP contribution in [0.3, 0.4) is 0 Å². The number of rotatable bonds is 4. The summed E-state index contributed by atoms with van der Waals surface area (Å²) in [7, 11) is 0. The number of carbonyl (C=O) groups excluding carboxylic acids is 3. The molecule has 6 heteroatoms. The van der Waals surface area contributed by atoms with Crippen molar-refractivity contribution < 1.29 is 24.0 Å². The van der Waals surface area contributed by atoms with Crippen molar-refractivity contribution >= 4 is 17.8 Å². The first-order valence-electron chi connectivity index (χ1n) is 7.49. The number of imide groups is 1. The molecule has 2 amide bonds. The molecule has 1 heterocycles. The molecule has 0 N–H and O–H groups in total. The van der Waals surface area contributed by atoms with Crippen molar-refractivity contribution in [2.24, 2.45) is 5.92 Å². The number of benzene rings is 1. The molecule has 0 bridgehead atoms. The molecule has 0 aromatic heterocycles. The Labute approximate surface area is 135 Å². The quantitative estimate of drug-likeness (QED) is 0.630. The molecule has 1 aromatic carbocycles. The number of hydrogen-bond acceptors (Lipinski definition) is 5. The molecule has 1 aliphatic rings. The van der Waals surface area contributed by atoms with Gasteiger partial charge in [-0.25, -0.2) is 9.63 Å². The minimum atomic E-state index is -1.04. The van der Waals surface area contributed by atoms with Gasteiger partial charge in [0.05, 0.1) is 11.1 Å². The number of nitrogens with zero attached hydrogens (tertiary/aromatic N) is 1. The maximum atomic E-state index is 12.3. The third kappa shape index (κ3) is 3.59. The lowest BCUT2D eigenvalue weighted by Gasteiger charge is -2.27. The highest BCUT2D eigenvalue weighted by Crippen LogP contribution is 2.25. The second-order valence-electron chi connectivity index (χ2n) is 6.75. The Morgan fingerprint density at radius 2 is 1.52 bits per heavy atom. The second kappa shape index (κ2) is 6.12. The van der Waals surface area contributed by atoms with Gasteiger partial charge in [0.1, 0.15) is 5.60 Å². The molecule has 1 aromatic rings. The van der Waals surface area contributed by atoms with E-state index in [-0.39, 0.29) is 17.0 Å². The van der Waals surface area contributed by atoms with Crippen molar-refractivity contribution in [2.75, 3.05) is 0 Å². The zero-order valence-electron chi connectivity index (χ0n) is 14.0. The minimum absolute atomic E-state index is 0.268. The summed E-state index contributed by atoms with van der Waals surface area (Å²) in [4.78, 5) is 42.3. The molecule has 0 unspecified atom stereocenters. The number of hydrogen-bond donors (Lipinski definition) is 0. The van der Waals surface area contributed by atoms with E-state index in [1.807, 2.05) is 0 Å². The van der Waals surface area contributed by atoms with Gasteiger partial charge in [-0.05, 0) is 38.8 Å². The molecule has 0 fully saturated rings.